The first-order chi connectivity index (χ1) is 12.5. The number of nitrogens with zero attached hydrogens (tertiary/aromatic N) is 5. The van der Waals surface area contributed by atoms with Crippen LogP contribution in [-0.2, 0) is 5.41 Å². The normalized spacial score (nSPS) is 19.5. The predicted molar refractivity (Wildman–Crippen MR) is 111 cm³/mol. The summed E-state index contributed by atoms with van der Waals surface area (Å²) >= 11 is 3.23. The molecule has 1 unspecified atom stereocenters. The molecule has 0 spiro atoms. The molecule has 0 radical (unpaired) electrons. The Balaban J connectivity index is 1.88. The van der Waals surface area contributed by atoms with E-state index in [0.29, 0.717) is 0 Å². The lowest BCUT2D eigenvalue weighted by molar-refractivity contribution is -0.770. The molecule has 0 aliphatic carbocycles. The Kier molecular flexibility index (Phi) is 4.12. The predicted octanol–water partition coefficient (Wildman–Crippen LogP) is 4.39. The summed E-state index contributed by atoms with van der Waals surface area (Å²) in [6, 6.07) is 7.30. The number of phenolic OH excluding ortho intramolecular Hbond substituents is 1. The third-order valence-electron chi connectivity index (χ3n) is 4.27. The first kappa shape index (κ1) is 18.4. The number of aliphatic imine (C=N–C) groups is 1. The van der Waals surface area contributed by atoms with E-state index in [1.165, 1.54) is 0 Å². The SMILES string of the molecule is CC(C)(C)C1=NN2C(=Nc3sc(C(C)(C)C)n[n+]3C2c2cccc(O)c2)S1. The summed E-state index contributed by atoms with van der Waals surface area (Å²) in [5.74, 6) is 0.233. The molecule has 27 heavy (non-hydrogen) atoms. The van der Waals surface area contributed by atoms with Gasteiger partial charge in [-0.05, 0) is 35.2 Å². The Bertz CT molecular complexity index is 965. The number of amidine groups is 1. The Morgan fingerprint density at radius 3 is 2.48 bits per heavy atom. The van der Waals surface area contributed by atoms with Crippen molar-refractivity contribution in [1.82, 2.24) is 10.1 Å². The van der Waals surface area contributed by atoms with Gasteiger partial charge in [0.05, 0.1) is 0 Å². The summed E-state index contributed by atoms with van der Waals surface area (Å²) in [6.07, 6.45) is -0.265. The van der Waals surface area contributed by atoms with Crippen LogP contribution in [0, 0.1) is 5.41 Å². The molecular formula is C19H24N5OS2+. The van der Waals surface area contributed by atoms with Crippen LogP contribution in [-0.4, -0.2) is 25.4 Å². The first-order valence-electron chi connectivity index (χ1n) is 8.91. The zero-order valence-corrected chi connectivity index (χ0v) is 18.0. The molecule has 0 saturated carbocycles. The number of fused-ring (bicyclic) bond motifs is 2. The lowest BCUT2D eigenvalue weighted by atomic mass is 9.98. The number of aromatic nitrogens is 2. The highest BCUT2D eigenvalue weighted by atomic mass is 32.2. The smallest absolute Gasteiger partial charge is 0.409 e. The zero-order chi connectivity index (χ0) is 19.6. The van der Waals surface area contributed by atoms with Crippen LogP contribution >= 0.6 is 23.1 Å². The van der Waals surface area contributed by atoms with E-state index in [0.717, 1.165) is 25.9 Å². The Morgan fingerprint density at radius 2 is 1.85 bits per heavy atom. The van der Waals surface area contributed by atoms with E-state index in [4.69, 9.17) is 15.2 Å². The Morgan fingerprint density at radius 1 is 1.11 bits per heavy atom. The highest BCUT2D eigenvalue weighted by Crippen LogP contribution is 2.41. The van der Waals surface area contributed by atoms with E-state index in [-0.39, 0.29) is 22.7 Å². The van der Waals surface area contributed by atoms with Crippen molar-refractivity contribution in [3.63, 3.8) is 0 Å². The quantitative estimate of drug-likeness (QED) is 0.719. The van der Waals surface area contributed by atoms with E-state index in [9.17, 15) is 5.11 Å². The maximum absolute atomic E-state index is 10.0. The van der Waals surface area contributed by atoms with Crippen molar-refractivity contribution in [1.29, 1.82) is 0 Å². The fourth-order valence-electron chi connectivity index (χ4n) is 2.81. The number of phenols is 1. The van der Waals surface area contributed by atoms with E-state index < -0.39 is 0 Å². The average molecular weight is 403 g/mol. The fourth-order valence-corrected chi connectivity index (χ4v) is 4.82. The molecule has 1 aromatic carbocycles. The van der Waals surface area contributed by atoms with Crippen LogP contribution in [0.5, 0.6) is 5.75 Å². The van der Waals surface area contributed by atoms with Gasteiger partial charge in [0.2, 0.25) is 6.17 Å². The summed E-state index contributed by atoms with van der Waals surface area (Å²) in [7, 11) is 0. The minimum absolute atomic E-state index is 0.0595. The summed E-state index contributed by atoms with van der Waals surface area (Å²) in [4.78, 5) is 4.85. The lowest BCUT2D eigenvalue weighted by Crippen LogP contribution is -2.53. The second-order valence-corrected chi connectivity index (χ2v) is 10.8. The molecule has 2 aliphatic rings. The minimum Gasteiger partial charge on any atom is -0.508 e. The number of thioether (sulfide) groups is 1. The minimum atomic E-state index is -0.265. The maximum atomic E-state index is 10.0. The summed E-state index contributed by atoms with van der Waals surface area (Å²) in [5, 5.41) is 25.5. The highest BCUT2D eigenvalue weighted by molar-refractivity contribution is 8.27. The number of rotatable bonds is 1. The molecule has 0 fully saturated rings. The van der Waals surface area contributed by atoms with Crippen LogP contribution in [0.4, 0.5) is 5.13 Å². The highest BCUT2D eigenvalue weighted by Gasteiger charge is 2.47. The van der Waals surface area contributed by atoms with Gasteiger partial charge in [0.1, 0.15) is 15.8 Å². The largest absolute Gasteiger partial charge is 0.508 e. The number of hydrogen-bond acceptors (Lipinski definition) is 7. The lowest BCUT2D eigenvalue weighted by Gasteiger charge is -2.23. The van der Waals surface area contributed by atoms with Gasteiger partial charge in [-0.25, -0.2) is 0 Å². The third kappa shape index (κ3) is 3.25. The third-order valence-corrected chi connectivity index (χ3v) is 6.97. The molecule has 142 valence electrons. The molecule has 1 aromatic heterocycles. The van der Waals surface area contributed by atoms with Crippen molar-refractivity contribution in [3.8, 4) is 5.75 Å². The summed E-state index contributed by atoms with van der Waals surface area (Å²) in [5.41, 5.74) is 0.810. The number of aromatic hydroxyl groups is 1. The fraction of sp³-hybridized carbons (Fsp3) is 0.474. The maximum Gasteiger partial charge on any atom is 0.409 e. The summed E-state index contributed by atoms with van der Waals surface area (Å²) < 4.78 is 1.93. The Labute approximate surface area is 167 Å². The zero-order valence-electron chi connectivity index (χ0n) is 16.4. The molecule has 0 amide bonds. The molecule has 6 nitrogen and oxygen atoms in total. The van der Waals surface area contributed by atoms with Gasteiger partial charge in [-0.3, -0.25) is 0 Å². The van der Waals surface area contributed by atoms with Gasteiger partial charge >= 0.3 is 10.3 Å². The van der Waals surface area contributed by atoms with E-state index in [1.807, 2.05) is 21.8 Å². The van der Waals surface area contributed by atoms with Crippen molar-refractivity contribution in [2.24, 2.45) is 15.5 Å². The van der Waals surface area contributed by atoms with Crippen molar-refractivity contribution < 1.29 is 9.79 Å². The van der Waals surface area contributed by atoms with Gasteiger partial charge in [-0.2, -0.15) is 10.1 Å². The van der Waals surface area contributed by atoms with Gasteiger partial charge in [0.25, 0.3) is 0 Å². The molecule has 4 rings (SSSR count). The van der Waals surface area contributed by atoms with Crippen molar-refractivity contribution in [3.05, 3.63) is 34.8 Å². The number of hydrazone groups is 1. The van der Waals surface area contributed by atoms with Gasteiger partial charge in [-0.1, -0.05) is 63.5 Å². The van der Waals surface area contributed by atoms with Crippen LogP contribution in [0.15, 0.2) is 34.4 Å². The van der Waals surface area contributed by atoms with Crippen LogP contribution in [0.2, 0.25) is 0 Å². The van der Waals surface area contributed by atoms with Crippen molar-refractivity contribution in [2.45, 2.75) is 53.1 Å². The standard InChI is InChI=1S/C19H23N5OS2/c1-18(2,3)14-21-23-13(11-8-7-9-12(25)10-11)24-17(20-16(23)26-14)27-15(22-24)19(4,5)6/h7-10,13H,1-6H3/p+1. The number of benzene rings is 1. The van der Waals surface area contributed by atoms with Crippen LogP contribution in [0.25, 0.3) is 0 Å². The molecule has 0 bridgehead atoms. The monoisotopic (exact) mass is 402 g/mol. The molecule has 1 atom stereocenters. The van der Waals surface area contributed by atoms with Crippen molar-refractivity contribution >= 4 is 38.4 Å². The van der Waals surface area contributed by atoms with E-state index >= 15 is 0 Å². The molecule has 3 heterocycles. The molecule has 1 N–H and O–H groups in total. The molecule has 0 saturated heterocycles. The molecule has 2 aliphatic heterocycles. The topological polar surface area (TPSA) is 65.0 Å². The molecule has 8 heteroatoms. The Hall–Kier alpha value is -1.93. The number of hydrogen-bond donors (Lipinski definition) is 1. The molecular weight excluding hydrogens is 378 g/mol. The van der Waals surface area contributed by atoms with Crippen LogP contribution in [0.1, 0.15) is 58.3 Å². The van der Waals surface area contributed by atoms with Gasteiger partial charge < -0.3 is 5.11 Å². The van der Waals surface area contributed by atoms with E-state index in [1.54, 1.807) is 35.2 Å². The van der Waals surface area contributed by atoms with Crippen LogP contribution in [0.3, 0.4) is 0 Å². The van der Waals surface area contributed by atoms with Crippen molar-refractivity contribution in [2.75, 3.05) is 0 Å². The average Bonchev–Trinajstić information content (AvgIpc) is 3.15. The van der Waals surface area contributed by atoms with Gasteiger partial charge in [0, 0.05) is 21.4 Å². The second kappa shape index (κ2) is 6.04. The first-order valence-corrected chi connectivity index (χ1v) is 10.5. The second-order valence-electron chi connectivity index (χ2n) is 8.85. The van der Waals surface area contributed by atoms with Gasteiger partial charge in [0.15, 0.2) is 0 Å². The van der Waals surface area contributed by atoms with Crippen LogP contribution < -0.4 is 4.68 Å². The molecule has 2 aromatic rings. The van der Waals surface area contributed by atoms with E-state index in [2.05, 4.69) is 41.5 Å². The van der Waals surface area contributed by atoms with Gasteiger partial charge in [-0.15, -0.1) is 0 Å². The summed E-state index contributed by atoms with van der Waals surface area (Å²) in [6.45, 7) is 12.9.